The number of rotatable bonds is 0. The predicted octanol–water partition coefficient (Wildman–Crippen LogP) is 8.56. The van der Waals surface area contributed by atoms with Crippen molar-refractivity contribution in [2.24, 2.45) is 14.1 Å². The summed E-state index contributed by atoms with van der Waals surface area (Å²) in [6, 6.07) is 32.8. The average Bonchev–Trinajstić information content (AvgIpc) is 3.59. The number of nitrogens with zero attached hydrogens (tertiary/aromatic N) is 2. The molecule has 6 aromatic rings. The Balaban J connectivity index is 0.000000168. The van der Waals surface area contributed by atoms with Crippen molar-refractivity contribution in [3.8, 4) is 22.5 Å². The summed E-state index contributed by atoms with van der Waals surface area (Å²) in [6.07, 6.45) is 2.04. The van der Waals surface area contributed by atoms with E-state index >= 15 is 0 Å². The Morgan fingerprint density at radius 1 is 0.615 bits per heavy atom. The van der Waals surface area contributed by atoms with Gasteiger partial charge in [0.1, 0.15) is 0 Å². The van der Waals surface area contributed by atoms with E-state index < -0.39 is 0 Å². The second-order valence-corrected chi connectivity index (χ2v) is 10.3. The molecule has 4 aromatic carbocycles. The molecule has 2 aliphatic rings. The van der Waals surface area contributed by atoms with E-state index in [0.717, 1.165) is 12.8 Å². The van der Waals surface area contributed by atoms with E-state index in [4.69, 9.17) is 0 Å². The van der Waals surface area contributed by atoms with Crippen LogP contribution >= 0.6 is 24.8 Å². The van der Waals surface area contributed by atoms with Gasteiger partial charge < -0.3 is 9.13 Å². The zero-order valence-electron chi connectivity index (χ0n) is 22.6. The minimum Gasteiger partial charge on any atom is -0.354 e. The molecule has 0 spiro atoms. The van der Waals surface area contributed by atoms with Crippen molar-refractivity contribution in [1.82, 2.24) is 9.13 Å². The molecule has 0 fully saturated rings. The normalized spacial score (nSPS) is 11.8. The first-order valence-electron chi connectivity index (χ1n) is 12.7. The molecule has 0 aliphatic heterocycles. The van der Waals surface area contributed by atoms with E-state index in [9.17, 15) is 0 Å². The Morgan fingerprint density at radius 2 is 1.03 bits per heavy atom. The Kier molecular flexibility index (Phi) is 8.39. The molecule has 0 amide bonds. The molecule has 0 unspecified atom stereocenters. The van der Waals surface area contributed by atoms with Crippen LogP contribution in [0.1, 0.15) is 33.4 Å². The van der Waals surface area contributed by atoms with E-state index in [2.05, 4.69) is 110 Å². The van der Waals surface area contributed by atoms with Crippen molar-refractivity contribution in [3.05, 3.63) is 118 Å². The molecule has 0 radical (unpaired) electrons. The van der Waals surface area contributed by atoms with Crippen LogP contribution in [0.4, 0.5) is 0 Å². The molecule has 5 heteroatoms. The van der Waals surface area contributed by atoms with Crippen molar-refractivity contribution < 1.29 is 26.2 Å². The van der Waals surface area contributed by atoms with Gasteiger partial charge >= 0.3 is 26.2 Å². The summed E-state index contributed by atoms with van der Waals surface area (Å²) in [5, 5.41) is 2.80. The fraction of sp³-hybridized carbons (Fsp3) is 0.176. The van der Waals surface area contributed by atoms with Gasteiger partial charge in [0.05, 0.1) is 0 Å². The Hall–Kier alpha value is -2.58. The number of hydrogen-bond acceptors (Lipinski definition) is 0. The van der Waals surface area contributed by atoms with Gasteiger partial charge in [-0.2, -0.15) is 48.5 Å². The minimum atomic E-state index is 0. The van der Waals surface area contributed by atoms with Crippen LogP contribution in [-0.2, 0) is 53.1 Å². The first-order valence-corrected chi connectivity index (χ1v) is 12.7. The minimum absolute atomic E-state index is 0. The van der Waals surface area contributed by atoms with Gasteiger partial charge in [-0.25, -0.2) is 0 Å². The van der Waals surface area contributed by atoms with Crippen LogP contribution < -0.4 is 0 Å². The third-order valence-corrected chi connectivity index (χ3v) is 8.02. The molecule has 2 aromatic heterocycles. The molecular weight excluding hydrogens is 599 g/mol. The van der Waals surface area contributed by atoms with Crippen LogP contribution in [0.3, 0.4) is 0 Å². The van der Waals surface area contributed by atoms with Crippen molar-refractivity contribution >= 4 is 46.6 Å². The van der Waals surface area contributed by atoms with Crippen LogP contribution in [0, 0.1) is 26.0 Å². The van der Waals surface area contributed by atoms with E-state index in [-0.39, 0.29) is 51.0 Å². The third kappa shape index (κ3) is 4.53. The largest absolute Gasteiger partial charge is 2.00 e. The molecule has 2 heterocycles. The zero-order chi connectivity index (χ0) is 24.6. The van der Waals surface area contributed by atoms with E-state index in [1.54, 1.807) is 0 Å². The molecule has 2 aliphatic carbocycles. The topological polar surface area (TPSA) is 9.86 Å². The van der Waals surface area contributed by atoms with Crippen molar-refractivity contribution in [2.45, 2.75) is 26.7 Å². The van der Waals surface area contributed by atoms with Crippen LogP contribution in [0.15, 0.2) is 72.8 Å². The SMILES string of the molecule is Cc1ccc2c(c1)c1c(n2C)-c2ccc[c-]c2C1.Cc1ccc2c(c1)c1c(n2C)-c2ccc[c-]c2C1.Cl.Cl.[Zr+2]. The number of hydrogen-bond donors (Lipinski definition) is 0. The summed E-state index contributed by atoms with van der Waals surface area (Å²) in [5.41, 5.74) is 16.4. The smallest absolute Gasteiger partial charge is 0.354 e. The third-order valence-electron chi connectivity index (χ3n) is 8.02. The van der Waals surface area contributed by atoms with Gasteiger partial charge in [0.25, 0.3) is 0 Å². The van der Waals surface area contributed by atoms with Crippen LogP contribution in [0.5, 0.6) is 0 Å². The maximum Gasteiger partial charge on any atom is 2.00 e. The van der Waals surface area contributed by atoms with Crippen molar-refractivity contribution in [3.63, 3.8) is 0 Å². The molecule has 0 N–H and O–H groups in total. The molecule has 194 valence electrons. The Morgan fingerprint density at radius 3 is 1.44 bits per heavy atom. The Bertz CT molecular complexity index is 1710. The number of fused-ring (bicyclic) bond motifs is 10. The first-order chi connectivity index (χ1) is 17.5. The molecule has 0 saturated carbocycles. The van der Waals surface area contributed by atoms with Gasteiger partial charge in [-0.3, -0.25) is 0 Å². The Labute approximate surface area is 262 Å². The molecule has 8 rings (SSSR count). The van der Waals surface area contributed by atoms with Crippen LogP contribution in [0.2, 0.25) is 0 Å². The zero-order valence-corrected chi connectivity index (χ0v) is 26.6. The van der Waals surface area contributed by atoms with Crippen LogP contribution in [-0.4, -0.2) is 9.13 Å². The van der Waals surface area contributed by atoms with Crippen molar-refractivity contribution in [2.75, 3.05) is 0 Å². The fourth-order valence-electron chi connectivity index (χ4n) is 6.35. The van der Waals surface area contributed by atoms with Gasteiger partial charge in [0.15, 0.2) is 0 Å². The van der Waals surface area contributed by atoms with Crippen LogP contribution in [0.25, 0.3) is 44.3 Å². The molecule has 2 nitrogen and oxygen atoms in total. The average molecular weight is 629 g/mol. The maximum absolute atomic E-state index is 3.38. The maximum atomic E-state index is 3.38. The van der Waals surface area contributed by atoms with Gasteiger partial charge in [0.2, 0.25) is 0 Å². The second-order valence-electron chi connectivity index (χ2n) is 10.3. The van der Waals surface area contributed by atoms with E-state index in [0.29, 0.717) is 0 Å². The summed E-state index contributed by atoms with van der Waals surface area (Å²) < 4.78 is 4.65. The summed E-state index contributed by atoms with van der Waals surface area (Å²) in [6.45, 7) is 4.32. The number of benzene rings is 4. The van der Waals surface area contributed by atoms with Gasteiger partial charge in [0, 0.05) is 35.9 Å². The molecule has 39 heavy (non-hydrogen) atoms. The molecule has 0 saturated heterocycles. The van der Waals surface area contributed by atoms with Crippen molar-refractivity contribution in [1.29, 1.82) is 0 Å². The second kappa shape index (κ2) is 11.1. The first kappa shape index (κ1) is 29.4. The fourth-order valence-corrected chi connectivity index (χ4v) is 6.35. The summed E-state index contributed by atoms with van der Waals surface area (Å²) in [7, 11) is 4.33. The van der Waals surface area contributed by atoms with E-state index in [1.165, 1.54) is 77.7 Å². The summed E-state index contributed by atoms with van der Waals surface area (Å²) in [4.78, 5) is 0. The summed E-state index contributed by atoms with van der Waals surface area (Å²) >= 11 is 0. The van der Waals surface area contributed by atoms with Gasteiger partial charge in [-0.05, 0) is 73.5 Å². The monoisotopic (exact) mass is 626 g/mol. The molecular formula is C34H30Cl2N2Zr. The standard InChI is InChI=1S/2C17H14N.2ClH.Zr/c2*1-11-7-8-16-14(9-11)15-10-12-5-3-4-6-13(12)17(15)18(16)2;;;/h2*3-4,6-9H,10H2,1-2H3;2*1H;/q2*-1;;;+2. The molecule has 0 atom stereocenters. The predicted molar refractivity (Wildman–Crippen MR) is 164 cm³/mol. The quantitative estimate of drug-likeness (QED) is 0.149. The number of halogens is 2. The molecule has 0 bridgehead atoms. The van der Waals surface area contributed by atoms with Gasteiger partial charge in [-0.1, -0.05) is 23.3 Å². The number of aryl methyl sites for hydroxylation is 4. The number of aromatic nitrogens is 2. The van der Waals surface area contributed by atoms with Gasteiger partial charge in [-0.15, -0.1) is 47.1 Å². The van der Waals surface area contributed by atoms with E-state index in [1.807, 2.05) is 12.1 Å². The summed E-state index contributed by atoms with van der Waals surface area (Å²) in [5.74, 6) is 0.